The minimum absolute atomic E-state index is 0.105. The van der Waals surface area contributed by atoms with Gasteiger partial charge in [0.25, 0.3) is 0 Å². The first kappa shape index (κ1) is 9.00. The van der Waals surface area contributed by atoms with Gasteiger partial charge in [-0.2, -0.15) is 5.10 Å². The molecule has 0 bridgehead atoms. The molecule has 1 unspecified atom stereocenters. The van der Waals surface area contributed by atoms with Gasteiger partial charge in [0.1, 0.15) is 0 Å². The van der Waals surface area contributed by atoms with Crippen LogP contribution in [0.1, 0.15) is 24.4 Å². The smallest absolute Gasteiger partial charge is 0.0650 e. The summed E-state index contributed by atoms with van der Waals surface area (Å²) in [6.07, 6.45) is 1.72. The average Bonchev–Trinajstić information content (AvgIpc) is 2.45. The molecular formula is C9H15N3. The second kappa shape index (κ2) is 3.54. The van der Waals surface area contributed by atoms with Crippen molar-refractivity contribution in [3.63, 3.8) is 0 Å². The maximum absolute atomic E-state index is 5.81. The number of hydrogen-bond acceptors (Lipinski definition) is 2. The van der Waals surface area contributed by atoms with E-state index in [2.05, 4.69) is 11.7 Å². The predicted octanol–water partition coefficient (Wildman–Crippen LogP) is 1.40. The van der Waals surface area contributed by atoms with E-state index in [9.17, 15) is 0 Å². The van der Waals surface area contributed by atoms with Gasteiger partial charge in [-0.15, -0.1) is 6.58 Å². The third-order valence-corrected chi connectivity index (χ3v) is 1.83. The highest BCUT2D eigenvalue weighted by atomic mass is 15.3. The molecule has 3 nitrogen and oxygen atoms in total. The molecule has 0 fully saturated rings. The summed E-state index contributed by atoms with van der Waals surface area (Å²) in [6, 6.07) is 1.89. The summed E-state index contributed by atoms with van der Waals surface area (Å²) in [5.41, 5.74) is 7.84. The fourth-order valence-electron chi connectivity index (χ4n) is 1.21. The fraction of sp³-hybridized carbons (Fsp3) is 0.444. The Morgan fingerprint density at radius 3 is 3.00 bits per heavy atom. The Bertz CT molecular complexity index is 275. The van der Waals surface area contributed by atoms with Crippen LogP contribution in [-0.4, -0.2) is 9.78 Å². The van der Waals surface area contributed by atoms with E-state index in [0.717, 1.165) is 17.9 Å². The molecule has 1 aromatic rings. The summed E-state index contributed by atoms with van der Waals surface area (Å²) in [5, 5.41) is 4.29. The van der Waals surface area contributed by atoms with Crippen molar-refractivity contribution in [1.82, 2.24) is 9.78 Å². The minimum Gasteiger partial charge on any atom is -0.320 e. The molecule has 0 aliphatic rings. The minimum atomic E-state index is -0.105. The third kappa shape index (κ3) is 1.56. The van der Waals surface area contributed by atoms with Crippen LogP contribution in [0, 0.1) is 6.92 Å². The van der Waals surface area contributed by atoms with E-state index in [1.165, 1.54) is 0 Å². The summed E-state index contributed by atoms with van der Waals surface area (Å²) in [6.45, 7) is 8.52. The van der Waals surface area contributed by atoms with Gasteiger partial charge < -0.3 is 5.73 Å². The quantitative estimate of drug-likeness (QED) is 0.688. The van der Waals surface area contributed by atoms with Gasteiger partial charge in [-0.3, -0.25) is 4.68 Å². The summed E-state index contributed by atoms with van der Waals surface area (Å²) < 4.78 is 1.90. The van der Waals surface area contributed by atoms with Gasteiger partial charge in [-0.05, 0) is 19.9 Å². The number of aromatic nitrogens is 2. The van der Waals surface area contributed by atoms with Crippen LogP contribution in [0.25, 0.3) is 0 Å². The molecule has 0 aliphatic carbocycles. The summed E-state index contributed by atoms with van der Waals surface area (Å²) in [5.74, 6) is 0. The standard InChI is InChI=1S/C9H15N3/c1-4-8(10)9-6-7(3)11-12(9)5-2/h4,6,8H,1,5,10H2,2-3H3. The molecule has 2 N–H and O–H groups in total. The van der Waals surface area contributed by atoms with Gasteiger partial charge >= 0.3 is 0 Å². The first-order valence-electron chi connectivity index (χ1n) is 4.11. The summed E-state index contributed by atoms with van der Waals surface area (Å²) in [4.78, 5) is 0. The van der Waals surface area contributed by atoms with Crippen LogP contribution in [0.5, 0.6) is 0 Å². The Hall–Kier alpha value is -1.09. The van der Waals surface area contributed by atoms with Crippen LogP contribution >= 0.6 is 0 Å². The monoisotopic (exact) mass is 165 g/mol. The van der Waals surface area contributed by atoms with Gasteiger partial charge in [0, 0.05) is 6.54 Å². The lowest BCUT2D eigenvalue weighted by Gasteiger charge is -2.07. The van der Waals surface area contributed by atoms with Crippen LogP contribution in [0.4, 0.5) is 0 Å². The molecule has 0 spiro atoms. The molecule has 0 radical (unpaired) electrons. The van der Waals surface area contributed by atoms with Crippen molar-refractivity contribution >= 4 is 0 Å². The van der Waals surface area contributed by atoms with Crippen LogP contribution in [0.2, 0.25) is 0 Å². The highest BCUT2D eigenvalue weighted by molar-refractivity contribution is 5.16. The Morgan fingerprint density at radius 1 is 1.83 bits per heavy atom. The van der Waals surface area contributed by atoms with Gasteiger partial charge in [-0.25, -0.2) is 0 Å². The third-order valence-electron chi connectivity index (χ3n) is 1.83. The van der Waals surface area contributed by atoms with Crippen molar-refractivity contribution in [2.24, 2.45) is 5.73 Å². The Balaban J connectivity index is 3.03. The van der Waals surface area contributed by atoms with Gasteiger partial charge in [0.2, 0.25) is 0 Å². The first-order valence-corrected chi connectivity index (χ1v) is 4.11. The predicted molar refractivity (Wildman–Crippen MR) is 49.8 cm³/mol. The molecule has 1 aromatic heterocycles. The van der Waals surface area contributed by atoms with Crippen LogP contribution < -0.4 is 5.73 Å². The average molecular weight is 165 g/mol. The lowest BCUT2D eigenvalue weighted by atomic mass is 10.2. The maximum atomic E-state index is 5.81. The zero-order chi connectivity index (χ0) is 9.14. The fourth-order valence-corrected chi connectivity index (χ4v) is 1.21. The SMILES string of the molecule is C=CC(N)c1cc(C)nn1CC. The molecule has 66 valence electrons. The molecule has 1 rings (SSSR count). The van der Waals surface area contributed by atoms with Crippen molar-refractivity contribution in [3.05, 3.63) is 30.1 Å². The molecule has 0 amide bonds. The van der Waals surface area contributed by atoms with E-state index in [1.54, 1.807) is 6.08 Å². The van der Waals surface area contributed by atoms with Crippen molar-refractivity contribution in [3.8, 4) is 0 Å². The zero-order valence-corrected chi connectivity index (χ0v) is 7.62. The largest absolute Gasteiger partial charge is 0.320 e. The van der Waals surface area contributed by atoms with Gasteiger partial charge in [0.15, 0.2) is 0 Å². The first-order chi connectivity index (χ1) is 5.69. The van der Waals surface area contributed by atoms with E-state index >= 15 is 0 Å². The molecule has 3 heteroatoms. The normalized spacial score (nSPS) is 12.9. The lowest BCUT2D eigenvalue weighted by Crippen LogP contribution is -2.13. The molecule has 0 saturated carbocycles. The summed E-state index contributed by atoms with van der Waals surface area (Å²) in [7, 11) is 0. The maximum Gasteiger partial charge on any atom is 0.0650 e. The molecule has 0 aromatic carbocycles. The highest BCUT2D eigenvalue weighted by Gasteiger charge is 2.08. The van der Waals surface area contributed by atoms with E-state index in [4.69, 9.17) is 5.73 Å². The zero-order valence-electron chi connectivity index (χ0n) is 7.62. The molecule has 0 saturated heterocycles. The van der Waals surface area contributed by atoms with Gasteiger partial charge in [-0.1, -0.05) is 6.08 Å². The molecule has 12 heavy (non-hydrogen) atoms. The van der Waals surface area contributed by atoms with Gasteiger partial charge in [0.05, 0.1) is 17.4 Å². The number of aryl methyl sites for hydroxylation is 2. The summed E-state index contributed by atoms with van der Waals surface area (Å²) >= 11 is 0. The lowest BCUT2D eigenvalue weighted by molar-refractivity contribution is 0.602. The van der Waals surface area contributed by atoms with Crippen LogP contribution in [0.15, 0.2) is 18.7 Å². The number of hydrogen-bond donors (Lipinski definition) is 1. The number of rotatable bonds is 3. The van der Waals surface area contributed by atoms with E-state index in [-0.39, 0.29) is 6.04 Å². The molecular weight excluding hydrogens is 150 g/mol. The van der Waals surface area contributed by atoms with E-state index < -0.39 is 0 Å². The van der Waals surface area contributed by atoms with E-state index in [0.29, 0.717) is 0 Å². The second-order valence-corrected chi connectivity index (χ2v) is 2.79. The van der Waals surface area contributed by atoms with Crippen molar-refractivity contribution in [2.75, 3.05) is 0 Å². The van der Waals surface area contributed by atoms with Crippen molar-refractivity contribution < 1.29 is 0 Å². The number of nitrogens with zero attached hydrogens (tertiary/aromatic N) is 2. The second-order valence-electron chi connectivity index (χ2n) is 2.79. The van der Waals surface area contributed by atoms with Crippen molar-refractivity contribution in [1.29, 1.82) is 0 Å². The van der Waals surface area contributed by atoms with Crippen molar-refractivity contribution in [2.45, 2.75) is 26.4 Å². The topological polar surface area (TPSA) is 43.8 Å². The van der Waals surface area contributed by atoms with E-state index in [1.807, 2.05) is 24.6 Å². The molecule has 1 atom stereocenters. The Morgan fingerprint density at radius 2 is 2.50 bits per heavy atom. The molecule has 1 heterocycles. The van der Waals surface area contributed by atoms with Crippen LogP contribution in [-0.2, 0) is 6.54 Å². The highest BCUT2D eigenvalue weighted by Crippen LogP contribution is 2.12. The van der Waals surface area contributed by atoms with Crippen LogP contribution in [0.3, 0.4) is 0 Å². The Labute approximate surface area is 72.9 Å². The molecule has 0 aliphatic heterocycles. The Kier molecular flexibility index (Phi) is 2.65. The number of nitrogens with two attached hydrogens (primary N) is 1.